The van der Waals surface area contributed by atoms with Crippen LogP contribution in [0, 0.1) is 0 Å². The van der Waals surface area contributed by atoms with Gasteiger partial charge in [-0.05, 0) is 57.8 Å². The van der Waals surface area contributed by atoms with Crippen molar-refractivity contribution in [3.8, 4) is 0 Å². The zero-order chi connectivity index (χ0) is 45.1. The van der Waals surface area contributed by atoms with E-state index < -0.39 is 12.1 Å². The Bertz CT molecular complexity index is 1090. The molecule has 0 aliphatic carbocycles. The third kappa shape index (κ3) is 48.4. The molecule has 0 aromatic carbocycles. The van der Waals surface area contributed by atoms with Crippen molar-refractivity contribution in [3.63, 3.8) is 0 Å². The van der Waals surface area contributed by atoms with Crippen molar-refractivity contribution in [1.82, 2.24) is 0 Å². The molecule has 0 bridgehead atoms. The zero-order valence-electron chi connectivity index (χ0n) is 41.1. The zero-order valence-corrected chi connectivity index (χ0v) is 41.1. The van der Waals surface area contributed by atoms with E-state index in [1.807, 2.05) is 6.08 Å². The third-order valence-electron chi connectivity index (χ3n) is 11.6. The maximum Gasteiger partial charge on any atom is 0.309 e. The summed E-state index contributed by atoms with van der Waals surface area (Å²) < 4.78 is 16.7. The fraction of sp³-hybridized carbons (Fsp3) is 0.804. The van der Waals surface area contributed by atoms with Crippen LogP contribution in [0.1, 0.15) is 271 Å². The number of esters is 3. The van der Waals surface area contributed by atoms with E-state index in [1.54, 1.807) is 6.08 Å². The van der Waals surface area contributed by atoms with Crippen molar-refractivity contribution in [2.45, 2.75) is 277 Å². The van der Waals surface area contributed by atoms with E-state index in [2.05, 4.69) is 57.2 Å². The minimum Gasteiger partial charge on any atom is -0.462 e. The Balaban J connectivity index is 4.31. The summed E-state index contributed by atoms with van der Waals surface area (Å²) in [6.45, 7) is 6.44. The standard InChI is InChI=1S/C56H100O6/c1-4-7-10-13-16-19-21-23-25-27-29-30-32-34-37-40-43-46-49-55(58)61-52-53(51-60-54(57)48-45-42-39-36-18-15-12-9-6-3)62-56(59)50-47-44-41-38-35-33-31-28-26-24-22-20-17-14-11-8-5-2/h9,12,18,24,26,36,42,45,53H,4-8,10-11,13-17,19-23,25,27-35,37-41,43-44,46-52H2,1-3H3/b12-9-,26-24-,36-18-,45-42-. The summed E-state index contributed by atoms with van der Waals surface area (Å²) in [5, 5.41) is 0. The van der Waals surface area contributed by atoms with E-state index >= 15 is 0 Å². The van der Waals surface area contributed by atoms with Crippen molar-refractivity contribution in [3.05, 3.63) is 48.6 Å². The van der Waals surface area contributed by atoms with Gasteiger partial charge in [0.15, 0.2) is 6.10 Å². The fourth-order valence-electron chi connectivity index (χ4n) is 7.62. The first-order valence-electron chi connectivity index (χ1n) is 26.6. The lowest BCUT2D eigenvalue weighted by Gasteiger charge is -2.18. The molecule has 0 aromatic heterocycles. The van der Waals surface area contributed by atoms with E-state index in [-0.39, 0.29) is 31.6 Å². The molecule has 62 heavy (non-hydrogen) atoms. The second-order valence-electron chi connectivity index (χ2n) is 17.8. The van der Waals surface area contributed by atoms with Crippen LogP contribution in [0.3, 0.4) is 0 Å². The highest BCUT2D eigenvalue weighted by Gasteiger charge is 2.19. The second-order valence-corrected chi connectivity index (χ2v) is 17.8. The first-order chi connectivity index (χ1) is 30.5. The number of carbonyl (C=O) groups excluding carboxylic acids is 3. The van der Waals surface area contributed by atoms with Crippen LogP contribution in [0.5, 0.6) is 0 Å². The summed E-state index contributed by atoms with van der Waals surface area (Å²) in [5.74, 6) is -1.02. The van der Waals surface area contributed by atoms with Gasteiger partial charge in [0.2, 0.25) is 0 Å². The van der Waals surface area contributed by atoms with Gasteiger partial charge in [-0.25, -0.2) is 0 Å². The third-order valence-corrected chi connectivity index (χ3v) is 11.6. The molecular weight excluding hydrogens is 769 g/mol. The summed E-state index contributed by atoms with van der Waals surface area (Å²) in [6.07, 6.45) is 61.4. The molecule has 0 radical (unpaired) electrons. The molecule has 0 aromatic rings. The van der Waals surface area contributed by atoms with E-state index in [1.165, 1.54) is 173 Å². The van der Waals surface area contributed by atoms with Gasteiger partial charge in [0.1, 0.15) is 13.2 Å². The molecule has 0 saturated carbocycles. The van der Waals surface area contributed by atoms with Crippen molar-refractivity contribution in [2.75, 3.05) is 13.2 Å². The molecule has 0 rings (SSSR count). The van der Waals surface area contributed by atoms with Gasteiger partial charge >= 0.3 is 17.9 Å². The highest BCUT2D eigenvalue weighted by atomic mass is 16.6. The predicted octanol–water partition coefficient (Wildman–Crippen LogP) is 17.5. The highest BCUT2D eigenvalue weighted by molar-refractivity contribution is 5.72. The number of ether oxygens (including phenoxy) is 3. The molecule has 0 amide bonds. The Labute approximate surface area is 384 Å². The number of unbranched alkanes of at least 4 members (excludes halogenated alkanes) is 30. The average Bonchev–Trinajstić information content (AvgIpc) is 3.27. The summed E-state index contributed by atoms with van der Waals surface area (Å²) in [7, 11) is 0. The van der Waals surface area contributed by atoms with Gasteiger partial charge in [0, 0.05) is 12.8 Å². The van der Waals surface area contributed by atoms with E-state index in [0.717, 1.165) is 57.8 Å². The van der Waals surface area contributed by atoms with Gasteiger partial charge in [-0.15, -0.1) is 0 Å². The van der Waals surface area contributed by atoms with Crippen molar-refractivity contribution < 1.29 is 28.6 Å². The van der Waals surface area contributed by atoms with Crippen molar-refractivity contribution >= 4 is 17.9 Å². The summed E-state index contributed by atoms with van der Waals surface area (Å²) in [4.78, 5) is 37.8. The normalized spacial score (nSPS) is 12.4. The monoisotopic (exact) mass is 869 g/mol. The van der Waals surface area contributed by atoms with Gasteiger partial charge in [-0.3, -0.25) is 14.4 Å². The van der Waals surface area contributed by atoms with Crippen LogP contribution < -0.4 is 0 Å². The molecule has 0 fully saturated rings. The van der Waals surface area contributed by atoms with Crippen molar-refractivity contribution in [1.29, 1.82) is 0 Å². The lowest BCUT2D eigenvalue weighted by atomic mass is 10.0. The Morgan fingerprint density at radius 1 is 0.355 bits per heavy atom. The first kappa shape index (κ1) is 59.4. The molecule has 0 aliphatic rings. The van der Waals surface area contributed by atoms with Crippen LogP contribution in [-0.2, 0) is 28.6 Å². The molecule has 1 unspecified atom stereocenters. The van der Waals surface area contributed by atoms with E-state index in [4.69, 9.17) is 14.2 Å². The molecule has 360 valence electrons. The SMILES string of the molecule is CC/C=C\C/C=C\C/C=C\CC(=O)OCC(COC(=O)CCCCCCCCCCCCCCCCCCCC)OC(=O)CCCCCCCCC/C=C\CCCCCCCC. The minimum atomic E-state index is -0.807. The average molecular weight is 869 g/mol. The summed E-state index contributed by atoms with van der Waals surface area (Å²) >= 11 is 0. The van der Waals surface area contributed by atoms with E-state index in [9.17, 15) is 14.4 Å². The molecule has 0 heterocycles. The quantitative estimate of drug-likeness (QED) is 0.0262. The minimum absolute atomic E-state index is 0.0990. The van der Waals surface area contributed by atoms with Crippen LogP contribution in [0.4, 0.5) is 0 Å². The first-order valence-corrected chi connectivity index (χ1v) is 26.6. The second kappa shape index (κ2) is 51.0. The Hall–Kier alpha value is -2.63. The smallest absolute Gasteiger partial charge is 0.309 e. The van der Waals surface area contributed by atoms with Gasteiger partial charge in [-0.1, -0.05) is 243 Å². The van der Waals surface area contributed by atoms with Gasteiger partial charge in [-0.2, -0.15) is 0 Å². The number of allylic oxidation sites excluding steroid dienone is 7. The molecule has 0 spiro atoms. The number of rotatable bonds is 48. The van der Waals surface area contributed by atoms with Crippen LogP contribution in [0.15, 0.2) is 48.6 Å². The molecule has 1 atom stereocenters. The van der Waals surface area contributed by atoms with Crippen LogP contribution >= 0.6 is 0 Å². The van der Waals surface area contributed by atoms with Crippen LogP contribution in [0.25, 0.3) is 0 Å². The maximum atomic E-state index is 12.8. The molecular formula is C56H100O6. The predicted molar refractivity (Wildman–Crippen MR) is 265 cm³/mol. The Morgan fingerprint density at radius 2 is 0.694 bits per heavy atom. The Morgan fingerprint density at radius 3 is 1.11 bits per heavy atom. The molecule has 6 nitrogen and oxygen atoms in total. The molecule has 0 aliphatic heterocycles. The lowest BCUT2D eigenvalue weighted by molar-refractivity contribution is -0.166. The Kier molecular flexibility index (Phi) is 48.8. The van der Waals surface area contributed by atoms with E-state index in [0.29, 0.717) is 12.8 Å². The summed E-state index contributed by atoms with van der Waals surface area (Å²) in [5.41, 5.74) is 0. The number of carbonyl (C=O) groups is 3. The number of hydrogen-bond donors (Lipinski definition) is 0. The summed E-state index contributed by atoms with van der Waals surface area (Å²) in [6, 6.07) is 0. The van der Waals surface area contributed by atoms with Gasteiger partial charge in [0.25, 0.3) is 0 Å². The van der Waals surface area contributed by atoms with Gasteiger partial charge in [0.05, 0.1) is 6.42 Å². The van der Waals surface area contributed by atoms with Gasteiger partial charge < -0.3 is 14.2 Å². The number of hydrogen-bond acceptors (Lipinski definition) is 6. The largest absolute Gasteiger partial charge is 0.462 e. The molecule has 0 N–H and O–H groups in total. The fourth-order valence-corrected chi connectivity index (χ4v) is 7.62. The van der Waals surface area contributed by atoms with Crippen LogP contribution in [-0.4, -0.2) is 37.2 Å². The lowest BCUT2D eigenvalue weighted by Crippen LogP contribution is -2.30. The molecule has 6 heteroatoms. The topological polar surface area (TPSA) is 78.9 Å². The van der Waals surface area contributed by atoms with Crippen molar-refractivity contribution in [2.24, 2.45) is 0 Å². The highest BCUT2D eigenvalue weighted by Crippen LogP contribution is 2.16. The molecule has 0 saturated heterocycles. The maximum absolute atomic E-state index is 12.8. The van der Waals surface area contributed by atoms with Crippen LogP contribution in [0.2, 0.25) is 0 Å².